The minimum atomic E-state index is -0.531. The van der Waals surface area contributed by atoms with Crippen molar-refractivity contribution in [2.45, 2.75) is 13.2 Å². The molecule has 1 heterocycles. The highest BCUT2D eigenvalue weighted by Crippen LogP contribution is 2.34. The van der Waals surface area contributed by atoms with Gasteiger partial charge in [-0.1, -0.05) is 17.7 Å². The van der Waals surface area contributed by atoms with E-state index in [1.807, 2.05) is 0 Å². The van der Waals surface area contributed by atoms with E-state index in [1.165, 1.54) is 14.2 Å². The van der Waals surface area contributed by atoms with Gasteiger partial charge in [0.2, 0.25) is 0 Å². The van der Waals surface area contributed by atoms with E-state index < -0.39 is 5.97 Å². The van der Waals surface area contributed by atoms with Crippen LogP contribution in [0.3, 0.4) is 0 Å². The molecule has 3 rings (SSSR count). The fourth-order valence-electron chi connectivity index (χ4n) is 2.63. The van der Waals surface area contributed by atoms with E-state index in [9.17, 15) is 4.79 Å². The number of hydrogen-bond donors (Lipinski definition) is 0. The number of rotatable bonds is 5. The number of benzene rings is 2. The first-order valence-corrected chi connectivity index (χ1v) is 7.91. The molecular weight excluding hydrogens is 348 g/mol. The number of halogens is 1. The molecule has 0 amide bonds. The normalized spacial score (nSPS) is 12.8. The number of fused-ring (bicyclic) bond motifs is 1. The lowest BCUT2D eigenvalue weighted by Crippen LogP contribution is -2.14. The van der Waals surface area contributed by atoms with Crippen molar-refractivity contribution in [3.05, 3.63) is 52.0 Å². The molecule has 7 heteroatoms. The molecule has 132 valence electrons. The van der Waals surface area contributed by atoms with E-state index >= 15 is 0 Å². The van der Waals surface area contributed by atoms with Gasteiger partial charge in [-0.15, -0.1) is 0 Å². The summed E-state index contributed by atoms with van der Waals surface area (Å²) in [7, 11) is 2.97. The van der Waals surface area contributed by atoms with Crippen LogP contribution in [0.1, 0.15) is 21.5 Å². The van der Waals surface area contributed by atoms with Gasteiger partial charge in [-0.2, -0.15) is 0 Å². The van der Waals surface area contributed by atoms with Crippen molar-refractivity contribution in [1.82, 2.24) is 0 Å². The third-order valence-electron chi connectivity index (χ3n) is 3.73. The van der Waals surface area contributed by atoms with E-state index in [1.54, 1.807) is 30.3 Å². The topological polar surface area (TPSA) is 63.2 Å². The van der Waals surface area contributed by atoms with Crippen LogP contribution >= 0.6 is 11.6 Å². The highest BCUT2D eigenvalue weighted by Gasteiger charge is 2.20. The molecule has 0 spiro atoms. The molecule has 1 aliphatic heterocycles. The van der Waals surface area contributed by atoms with E-state index in [0.717, 1.165) is 5.56 Å². The second-order valence-electron chi connectivity index (χ2n) is 5.28. The fourth-order valence-corrected chi connectivity index (χ4v) is 2.90. The maximum absolute atomic E-state index is 12.5. The summed E-state index contributed by atoms with van der Waals surface area (Å²) in [6.45, 7) is 0.571. The zero-order valence-corrected chi connectivity index (χ0v) is 14.6. The number of carbonyl (C=O) groups is 1. The second kappa shape index (κ2) is 7.63. The molecule has 1 aliphatic rings. The molecule has 0 bridgehead atoms. The van der Waals surface area contributed by atoms with Crippen LogP contribution in [0.25, 0.3) is 0 Å². The summed E-state index contributed by atoms with van der Waals surface area (Å²) in [6.07, 6.45) is 0. The largest absolute Gasteiger partial charge is 0.493 e. The fraction of sp³-hybridized carbons (Fsp3) is 0.278. The van der Waals surface area contributed by atoms with Crippen molar-refractivity contribution < 1.29 is 28.5 Å². The van der Waals surface area contributed by atoms with Crippen LogP contribution in [-0.4, -0.2) is 27.0 Å². The second-order valence-corrected chi connectivity index (χ2v) is 5.72. The van der Waals surface area contributed by atoms with Crippen LogP contribution in [0.2, 0.25) is 5.02 Å². The van der Waals surface area contributed by atoms with Gasteiger partial charge in [-0.3, -0.25) is 0 Å². The summed E-state index contributed by atoms with van der Waals surface area (Å²) < 4.78 is 26.6. The van der Waals surface area contributed by atoms with E-state index in [0.29, 0.717) is 34.4 Å². The van der Waals surface area contributed by atoms with Gasteiger partial charge in [0.15, 0.2) is 18.3 Å². The Morgan fingerprint density at radius 3 is 2.84 bits per heavy atom. The molecule has 0 aliphatic carbocycles. The monoisotopic (exact) mass is 364 g/mol. The number of carbonyl (C=O) groups excluding carboxylic acids is 1. The molecule has 0 radical (unpaired) electrons. The van der Waals surface area contributed by atoms with Gasteiger partial charge >= 0.3 is 5.97 Å². The van der Waals surface area contributed by atoms with Crippen LogP contribution in [0.5, 0.6) is 17.2 Å². The highest BCUT2D eigenvalue weighted by atomic mass is 35.5. The molecule has 25 heavy (non-hydrogen) atoms. The average molecular weight is 365 g/mol. The van der Waals surface area contributed by atoms with E-state index in [2.05, 4.69) is 0 Å². The molecule has 2 aromatic carbocycles. The van der Waals surface area contributed by atoms with Gasteiger partial charge in [0.05, 0.1) is 20.8 Å². The summed E-state index contributed by atoms with van der Waals surface area (Å²) in [4.78, 5) is 12.5. The van der Waals surface area contributed by atoms with Crippen LogP contribution in [0.4, 0.5) is 0 Å². The first-order valence-electron chi connectivity index (χ1n) is 7.54. The van der Waals surface area contributed by atoms with Crippen molar-refractivity contribution >= 4 is 17.6 Å². The summed E-state index contributed by atoms with van der Waals surface area (Å²) in [5.41, 5.74) is 1.78. The Balaban J connectivity index is 1.81. The summed E-state index contributed by atoms with van der Waals surface area (Å²) in [6, 6.07) is 8.49. The Bertz CT molecular complexity index is 789. The van der Waals surface area contributed by atoms with Crippen molar-refractivity contribution in [2.75, 3.05) is 21.0 Å². The highest BCUT2D eigenvalue weighted by molar-refractivity contribution is 6.30. The first kappa shape index (κ1) is 17.4. The Hall–Kier alpha value is -2.44. The van der Waals surface area contributed by atoms with Gasteiger partial charge in [0.25, 0.3) is 0 Å². The smallest absolute Gasteiger partial charge is 0.342 e. The molecule has 0 fully saturated rings. The lowest BCUT2D eigenvalue weighted by Gasteiger charge is -2.21. The zero-order valence-electron chi connectivity index (χ0n) is 13.8. The van der Waals surface area contributed by atoms with Gasteiger partial charge in [-0.05, 0) is 24.3 Å². The number of ether oxygens (including phenoxy) is 5. The van der Waals surface area contributed by atoms with Crippen LogP contribution < -0.4 is 14.2 Å². The molecule has 0 unspecified atom stereocenters. The Morgan fingerprint density at radius 2 is 2.08 bits per heavy atom. The lowest BCUT2D eigenvalue weighted by atomic mass is 10.1. The molecule has 0 saturated heterocycles. The Kier molecular flexibility index (Phi) is 5.31. The molecule has 2 aromatic rings. The van der Waals surface area contributed by atoms with Gasteiger partial charge in [0, 0.05) is 16.1 Å². The lowest BCUT2D eigenvalue weighted by molar-refractivity contribution is -0.0180. The Labute approximate surface area is 150 Å². The summed E-state index contributed by atoms with van der Waals surface area (Å²) in [5, 5.41) is 0.526. The molecule has 0 atom stereocenters. The van der Waals surface area contributed by atoms with Gasteiger partial charge in [0.1, 0.15) is 17.9 Å². The minimum Gasteiger partial charge on any atom is -0.493 e. The number of hydrogen-bond acceptors (Lipinski definition) is 6. The number of esters is 1. The van der Waals surface area contributed by atoms with E-state index in [-0.39, 0.29) is 19.0 Å². The van der Waals surface area contributed by atoms with Crippen LogP contribution in [0, 0.1) is 0 Å². The third kappa shape index (κ3) is 3.65. The predicted octanol–water partition coefficient (Wildman–Crippen LogP) is 3.58. The van der Waals surface area contributed by atoms with Crippen molar-refractivity contribution in [3.63, 3.8) is 0 Å². The number of para-hydroxylation sites is 1. The zero-order chi connectivity index (χ0) is 17.8. The maximum atomic E-state index is 12.5. The quantitative estimate of drug-likeness (QED) is 0.756. The van der Waals surface area contributed by atoms with Crippen molar-refractivity contribution in [3.8, 4) is 17.2 Å². The molecular formula is C18H17ClO6. The van der Waals surface area contributed by atoms with Crippen molar-refractivity contribution in [1.29, 1.82) is 0 Å². The third-order valence-corrected chi connectivity index (χ3v) is 3.95. The maximum Gasteiger partial charge on any atom is 0.342 e. The van der Waals surface area contributed by atoms with Crippen LogP contribution in [-0.2, 0) is 22.7 Å². The predicted molar refractivity (Wildman–Crippen MR) is 90.4 cm³/mol. The minimum absolute atomic E-state index is 0.0160. The molecule has 6 nitrogen and oxygen atoms in total. The SMILES string of the molecule is COc1cccc(C(=O)OCc2cc(Cl)cc3c2OCOC3)c1OC. The molecule has 0 N–H and O–H groups in total. The van der Waals surface area contributed by atoms with Gasteiger partial charge < -0.3 is 23.7 Å². The van der Waals surface area contributed by atoms with Crippen LogP contribution in [0.15, 0.2) is 30.3 Å². The average Bonchev–Trinajstić information content (AvgIpc) is 2.64. The van der Waals surface area contributed by atoms with Crippen molar-refractivity contribution in [2.24, 2.45) is 0 Å². The first-order chi connectivity index (χ1) is 12.1. The summed E-state index contributed by atoms with van der Waals surface area (Å²) >= 11 is 6.11. The summed E-state index contributed by atoms with van der Waals surface area (Å²) in [5.74, 6) is 0.892. The molecule has 0 saturated carbocycles. The Morgan fingerprint density at radius 1 is 1.24 bits per heavy atom. The van der Waals surface area contributed by atoms with E-state index in [4.69, 9.17) is 35.3 Å². The standard InChI is InChI=1S/C18H17ClO6/c1-21-15-5-3-4-14(17(15)22-2)18(20)24-9-12-7-13(19)6-11-8-23-10-25-16(11)12/h3-7H,8-10H2,1-2H3. The van der Waals surface area contributed by atoms with Gasteiger partial charge in [-0.25, -0.2) is 4.79 Å². The molecule has 0 aromatic heterocycles. The number of methoxy groups -OCH3 is 2.